The molecule has 15 nitrogen and oxygen atoms in total. The molecule has 0 amide bonds. The Morgan fingerprint density at radius 1 is 0.368 bits per heavy atom. The Bertz CT molecular complexity index is 1090. The summed E-state index contributed by atoms with van der Waals surface area (Å²) < 4.78 is 0. The molecule has 192 valence electrons. The van der Waals surface area contributed by atoms with Crippen LogP contribution < -0.4 is 0 Å². The average Bonchev–Trinajstić information content (AvgIpc) is 2.85. The van der Waals surface area contributed by atoms with Crippen LogP contribution in [-0.2, 0) is 65.4 Å². The summed E-state index contributed by atoms with van der Waals surface area (Å²) in [5, 5.41) is 50.6. The minimum atomic E-state index is -1.24. The Labute approximate surface area is 262 Å². The van der Waals surface area contributed by atoms with Gasteiger partial charge in [-0.1, -0.05) is 18.2 Å². The van der Waals surface area contributed by atoms with Crippen molar-refractivity contribution in [2.24, 2.45) is 0 Å². The maximum Gasteiger partial charge on any atom is 0.354 e. The number of nitrogens with zero attached hydrogens (tertiary/aromatic N) is 3. The van der Waals surface area contributed by atoms with Gasteiger partial charge >= 0.3 is 35.8 Å². The second kappa shape index (κ2) is 17.9. The van der Waals surface area contributed by atoms with Crippen LogP contribution in [0, 0.1) is 0 Å². The van der Waals surface area contributed by atoms with Gasteiger partial charge in [0, 0.05) is 65.4 Å². The van der Waals surface area contributed by atoms with E-state index in [2.05, 4.69) is 15.0 Å². The topological polar surface area (TPSA) is 262 Å². The average molecular weight is 679 g/mol. The summed E-state index contributed by atoms with van der Waals surface area (Å²) >= 11 is 0. The van der Waals surface area contributed by atoms with Gasteiger partial charge in [0.05, 0.1) is 0 Å². The zero-order valence-electron chi connectivity index (χ0n) is 18.8. The molecule has 0 saturated heterocycles. The molecular weight excluding hydrogens is 664 g/mol. The molecular formula is C21H15N3O12Y2. The molecule has 0 spiro atoms. The molecule has 0 unspecified atom stereocenters. The summed E-state index contributed by atoms with van der Waals surface area (Å²) in [7, 11) is 0. The molecule has 2 radical (unpaired) electrons. The van der Waals surface area contributed by atoms with Gasteiger partial charge in [0.15, 0.2) is 0 Å². The molecule has 0 aliphatic rings. The summed E-state index contributed by atoms with van der Waals surface area (Å²) in [6, 6.07) is 11.4. The van der Waals surface area contributed by atoms with E-state index in [0.717, 1.165) is 0 Å². The number of aromatic nitrogens is 3. The Kier molecular flexibility index (Phi) is 17.2. The van der Waals surface area contributed by atoms with E-state index in [1.54, 1.807) is 0 Å². The van der Waals surface area contributed by atoms with Gasteiger partial charge in [-0.05, 0) is 36.4 Å². The van der Waals surface area contributed by atoms with Crippen LogP contribution in [0.15, 0.2) is 54.6 Å². The first-order valence-electron chi connectivity index (χ1n) is 9.14. The molecule has 0 bridgehead atoms. The summed E-state index contributed by atoms with van der Waals surface area (Å²) in [5.41, 5.74) is -1.61. The zero-order chi connectivity index (χ0) is 27.4. The molecule has 3 heterocycles. The van der Waals surface area contributed by atoms with Crippen molar-refractivity contribution in [1.82, 2.24) is 15.0 Å². The fourth-order valence-corrected chi connectivity index (χ4v) is 2.02. The standard InChI is InChI=1S/3C7H5NO4.2Y/c3*9-6(10)4-2-1-3-5(8-4)7(11)12;;/h3*1-3H,(H,9,10)(H,11,12);;. The second-order valence-electron chi connectivity index (χ2n) is 6.06. The smallest absolute Gasteiger partial charge is 0.354 e. The van der Waals surface area contributed by atoms with Crippen LogP contribution >= 0.6 is 0 Å². The van der Waals surface area contributed by atoms with Gasteiger partial charge in [-0.3, -0.25) is 0 Å². The molecule has 0 atom stereocenters. The number of rotatable bonds is 6. The molecule has 3 rings (SSSR count). The van der Waals surface area contributed by atoms with Gasteiger partial charge < -0.3 is 30.6 Å². The van der Waals surface area contributed by atoms with Crippen molar-refractivity contribution in [3.8, 4) is 0 Å². The third-order valence-corrected chi connectivity index (χ3v) is 3.56. The maximum absolute atomic E-state index is 10.3. The first-order chi connectivity index (χ1) is 16.8. The van der Waals surface area contributed by atoms with Crippen molar-refractivity contribution in [1.29, 1.82) is 0 Å². The van der Waals surface area contributed by atoms with E-state index in [1.165, 1.54) is 54.6 Å². The molecule has 0 aliphatic carbocycles. The van der Waals surface area contributed by atoms with Crippen LogP contribution in [0.4, 0.5) is 0 Å². The predicted octanol–water partition coefficient (Wildman–Crippen LogP) is 1.43. The zero-order valence-corrected chi connectivity index (χ0v) is 24.5. The Hall–Kier alpha value is -3.52. The van der Waals surface area contributed by atoms with E-state index in [1.807, 2.05) is 0 Å². The second-order valence-corrected chi connectivity index (χ2v) is 6.06. The van der Waals surface area contributed by atoms with Crippen molar-refractivity contribution in [2.75, 3.05) is 0 Å². The van der Waals surface area contributed by atoms with Crippen LogP contribution in [0.3, 0.4) is 0 Å². The van der Waals surface area contributed by atoms with E-state index >= 15 is 0 Å². The number of carbonyl (C=O) groups is 6. The molecule has 0 aromatic carbocycles. The van der Waals surface area contributed by atoms with Crippen LogP contribution in [0.5, 0.6) is 0 Å². The number of carboxylic acids is 6. The summed E-state index contributed by atoms with van der Waals surface area (Å²) in [4.78, 5) is 72.0. The third kappa shape index (κ3) is 12.6. The van der Waals surface area contributed by atoms with Crippen LogP contribution in [0.25, 0.3) is 0 Å². The molecule has 17 heteroatoms. The van der Waals surface area contributed by atoms with E-state index in [0.29, 0.717) is 0 Å². The Morgan fingerprint density at radius 2 is 0.500 bits per heavy atom. The van der Waals surface area contributed by atoms with Gasteiger partial charge in [-0.15, -0.1) is 0 Å². The number of hydrogen-bond acceptors (Lipinski definition) is 9. The van der Waals surface area contributed by atoms with Crippen molar-refractivity contribution in [3.63, 3.8) is 0 Å². The van der Waals surface area contributed by atoms with Gasteiger partial charge in [0.2, 0.25) is 0 Å². The third-order valence-electron chi connectivity index (χ3n) is 3.56. The fourth-order valence-electron chi connectivity index (χ4n) is 2.02. The minimum Gasteiger partial charge on any atom is -0.477 e. The van der Waals surface area contributed by atoms with Crippen molar-refractivity contribution in [3.05, 3.63) is 88.8 Å². The van der Waals surface area contributed by atoms with E-state index in [9.17, 15) is 28.8 Å². The van der Waals surface area contributed by atoms with Crippen LogP contribution in [0.1, 0.15) is 62.9 Å². The van der Waals surface area contributed by atoms with Crippen LogP contribution in [0.2, 0.25) is 0 Å². The van der Waals surface area contributed by atoms with Crippen molar-refractivity contribution >= 4 is 35.8 Å². The van der Waals surface area contributed by atoms with Gasteiger partial charge in [0.25, 0.3) is 0 Å². The quantitative estimate of drug-likeness (QED) is 0.215. The molecule has 0 saturated carbocycles. The van der Waals surface area contributed by atoms with Crippen LogP contribution in [-0.4, -0.2) is 81.4 Å². The molecule has 0 fully saturated rings. The van der Waals surface area contributed by atoms with Crippen molar-refractivity contribution in [2.45, 2.75) is 0 Å². The van der Waals surface area contributed by atoms with Gasteiger partial charge in [-0.25, -0.2) is 43.7 Å². The Morgan fingerprint density at radius 3 is 0.605 bits per heavy atom. The normalized spacial score (nSPS) is 8.84. The summed E-state index contributed by atoms with van der Waals surface area (Å²) in [6.45, 7) is 0. The number of carboxylic acid groups (broad SMARTS) is 6. The fraction of sp³-hybridized carbons (Fsp3) is 0. The van der Waals surface area contributed by atoms with E-state index in [4.69, 9.17) is 30.6 Å². The number of hydrogen-bond donors (Lipinski definition) is 6. The molecule has 3 aromatic rings. The monoisotopic (exact) mass is 679 g/mol. The summed E-state index contributed by atoms with van der Waals surface area (Å²) in [5.74, 6) is -7.43. The van der Waals surface area contributed by atoms with Gasteiger partial charge in [-0.2, -0.15) is 0 Å². The van der Waals surface area contributed by atoms with Gasteiger partial charge in [0.1, 0.15) is 34.2 Å². The number of pyridine rings is 3. The molecule has 6 N–H and O–H groups in total. The summed E-state index contributed by atoms with van der Waals surface area (Å²) in [6.07, 6.45) is 0. The largest absolute Gasteiger partial charge is 0.477 e. The molecule has 0 aliphatic heterocycles. The first-order valence-corrected chi connectivity index (χ1v) is 9.14. The van der Waals surface area contributed by atoms with E-state index < -0.39 is 35.8 Å². The first kappa shape index (κ1) is 36.6. The van der Waals surface area contributed by atoms with Crippen molar-refractivity contribution < 1.29 is 125 Å². The molecule has 38 heavy (non-hydrogen) atoms. The predicted molar refractivity (Wildman–Crippen MR) is 114 cm³/mol. The number of aromatic carboxylic acids is 6. The SMILES string of the molecule is O=C(O)c1cccc(C(=O)O)n1.O=C(O)c1cccc(C(=O)O)n1.O=C(O)c1cccc(C(=O)O)n1.[Y].[Y]. The molecule has 3 aromatic heterocycles. The minimum absolute atomic E-state index is 0. The maximum atomic E-state index is 10.3. The Balaban J connectivity index is 0. The van der Waals surface area contributed by atoms with E-state index in [-0.39, 0.29) is 99.6 Å².